The van der Waals surface area contributed by atoms with Crippen molar-refractivity contribution in [2.45, 2.75) is 12.8 Å². The van der Waals surface area contributed by atoms with Crippen molar-refractivity contribution in [2.75, 3.05) is 0 Å². The lowest BCUT2D eigenvalue weighted by atomic mass is 10.0. The summed E-state index contributed by atoms with van der Waals surface area (Å²) in [7, 11) is 0. The minimum absolute atomic E-state index is 0.185. The molecule has 16 heavy (non-hydrogen) atoms. The first-order valence-corrected chi connectivity index (χ1v) is 5.48. The van der Waals surface area contributed by atoms with E-state index in [1.54, 1.807) is 6.08 Å². The van der Waals surface area contributed by atoms with Gasteiger partial charge in [-0.1, -0.05) is 54.6 Å². The maximum absolute atomic E-state index is 11.5. The van der Waals surface area contributed by atoms with Crippen LogP contribution in [-0.4, -0.2) is 5.78 Å². The molecule has 1 aromatic rings. The molecule has 0 atom stereocenters. The van der Waals surface area contributed by atoms with E-state index < -0.39 is 0 Å². The summed E-state index contributed by atoms with van der Waals surface area (Å²) in [6.45, 7) is 0. The maximum Gasteiger partial charge on any atom is 0.156 e. The molecule has 0 aromatic heterocycles. The summed E-state index contributed by atoms with van der Waals surface area (Å²) in [6, 6.07) is 9.87. The van der Waals surface area contributed by atoms with Gasteiger partial charge in [-0.3, -0.25) is 4.79 Å². The number of ketones is 1. The summed E-state index contributed by atoms with van der Waals surface area (Å²) in [4.78, 5) is 11.5. The number of rotatable bonds is 5. The molecule has 1 aromatic carbocycles. The van der Waals surface area contributed by atoms with Gasteiger partial charge in [0, 0.05) is 6.42 Å². The molecular weight excluding hydrogens is 196 g/mol. The van der Waals surface area contributed by atoms with Gasteiger partial charge >= 0.3 is 0 Å². The van der Waals surface area contributed by atoms with Gasteiger partial charge in [-0.15, -0.1) is 0 Å². The largest absolute Gasteiger partial charge is 0.295 e. The number of hydrogen-bond donors (Lipinski definition) is 0. The zero-order chi connectivity index (χ0) is 11.2. The van der Waals surface area contributed by atoms with Crippen molar-refractivity contribution < 1.29 is 4.79 Å². The Morgan fingerprint density at radius 2 is 1.94 bits per heavy atom. The molecule has 0 amide bonds. The lowest BCUT2D eigenvalue weighted by Crippen LogP contribution is -1.95. The molecule has 0 radical (unpaired) electrons. The van der Waals surface area contributed by atoms with E-state index in [4.69, 9.17) is 0 Å². The third-order valence-corrected chi connectivity index (χ3v) is 2.54. The average Bonchev–Trinajstić information content (AvgIpc) is 2.26. The molecule has 0 bridgehead atoms. The Hall–Kier alpha value is -1.89. The van der Waals surface area contributed by atoms with Crippen LogP contribution in [0.15, 0.2) is 60.2 Å². The van der Waals surface area contributed by atoms with Gasteiger partial charge in [0.1, 0.15) is 0 Å². The van der Waals surface area contributed by atoms with Gasteiger partial charge < -0.3 is 0 Å². The van der Waals surface area contributed by atoms with Crippen LogP contribution in [0.25, 0.3) is 6.08 Å². The third kappa shape index (κ3) is 3.06. The van der Waals surface area contributed by atoms with E-state index in [1.165, 1.54) is 5.57 Å². The highest BCUT2D eigenvalue weighted by molar-refractivity contribution is 5.93. The molecule has 0 unspecified atom stereocenters. The Morgan fingerprint density at radius 3 is 2.56 bits per heavy atom. The van der Waals surface area contributed by atoms with Crippen LogP contribution >= 0.6 is 0 Å². The van der Waals surface area contributed by atoms with Crippen molar-refractivity contribution in [1.82, 2.24) is 0 Å². The second-order valence-electron chi connectivity index (χ2n) is 3.81. The van der Waals surface area contributed by atoms with E-state index in [0.29, 0.717) is 6.42 Å². The number of benzene rings is 1. The molecule has 80 valence electrons. The molecular formula is C15H14O. The molecule has 2 rings (SSSR count). The van der Waals surface area contributed by atoms with Crippen LogP contribution in [-0.2, 0) is 4.79 Å². The molecule has 0 saturated carbocycles. The van der Waals surface area contributed by atoms with Gasteiger partial charge in [0.15, 0.2) is 5.78 Å². The van der Waals surface area contributed by atoms with Crippen molar-refractivity contribution in [2.24, 2.45) is 0 Å². The number of carbonyl (C=O) groups excluding carboxylic acids is 1. The summed E-state index contributed by atoms with van der Waals surface area (Å²) >= 11 is 0. The van der Waals surface area contributed by atoms with Crippen molar-refractivity contribution in [1.29, 1.82) is 0 Å². The van der Waals surface area contributed by atoms with E-state index in [-0.39, 0.29) is 5.78 Å². The summed E-state index contributed by atoms with van der Waals surface area (Å²) in [5.41, 5.74) is 2.33. The highest BCUT2D eigenvalue weighted by Crippen LogP contribution is 2.14. The minimum atomic E-state index is 0.185. The second kappa shape index (κ2) is 5.26. The van der Waals surface area contributed by atoms with Crippen LogP contribution in [0.1, 0.15) is 18.4 Å². The number of allylic oxidation sites excluding steroid dienone is 5. The van der Waals surface area contributed by atoms with E-state index >= 15 is 0 Å². The molecule has 1 aliphatic rings. The van der Waals surface area contributed by atoms with Gasteiger partial charge in [0.05, 0.1) is 0 Å². The van der Waals surface area contributed by atoms with Gasteiger partial charge in [-0.05, 0) is 23.6 Å². The molecule has 0 saturated heterocycles. The predicted molar refractivity (Wildman–Crippen MR) is 66.9 cm³/mol. The fourth-order valence-corrected chi connectivity index (χ4v) is 1.50. The van der Waals surface area contributed by atoms with Crippen LogP contribution < -0.4 is 0 Å². The zero-order valence-electron chi connectivity index (χ0n) is 9.10. The van der Waals surface area contributed by atoms with Crippen LogP contribution in [0.2, 0.25) is 0 Å². The number of hydrogen-bond acceptors (Lipinski definition) is 1. The first-order valence-electron chi connectivity index (χ1n) is 5.48. The molecule has 1 aliphatic carbocycles. The minimum Gasteiger partial charge on any atom is -0.295 e. The highest BCUT2D eigenvalue weighted by Gasteiger charge is 2.01. The third-order valence-electron chi connectivity index (χ3n) is 2.54. The van der Waals surface area contributed by atoms with E-state index in [1.807, 2.05) is 54.6 Å². The summed E-state index contributed by atoms with van der Waals surface area (Å²) < 4.78 is 0. The lowest BCUT2D eigenvalue weighted by molar-refractivity contribution is -0.114. The SMILES string of the molecule is O=C(/C=C/c1ccccc1)CCC1=CC=C1. The topological polar surface area (TPSA) is 17.1 Å². The average molecular weight is 210 g/mol. The van der Waals surface area contributed by atoms with Crippen LogP contribution in [0.3, 0.4) is 0 Å². The lowest BCUT2D eigenvalue weighted by Gasteiger charge is -2.04. The number of carbonyl (C=O) groups is 1. The van der Waals surface area contributed by atoms with Gasteiger partial charge in [0.2, 0.25) is 0 Å². The van der Waals surface area contributed by atoms with E-state index in [0.717, 1.165) is 12.0 Å². The Bertz CT molecular complexity index is 450. The molecule has 1 nitrogen and oxygen atoms in total. The van der Waals surface area contributed by atoms with E-state index in [9.17, 15) is 4.79 Å². The van der Waals surface area contributed by atoms with Crippen LogP contribution in [0, 0.1) is 0 Å². The Balaban J connectivity index is 1.80. The van der Waals surface area contributed by atoms with Crippen molar-refractivity contribution >= 4 is 11.9 Å². The van der Waals surface area contributed by atoms with Crippen LogP contribution in [0.4, 0.5) is 0 Å². The predicted octanol–water partition coefficient (Wildman–Crippen LogP) is 3.55. The Morgan fingerprint density at radius 1 is 1.19 bits per heavy atom. The van der Waals surface area contributed by atoms with Crippen molar-refractivity contribution in [3.05, 3.63) is 65.8 Å². The normalized spacial score (nSPS) is 13.6. The van der Waals surface area contributed by atoms with Crippen LogP contribution in [0.5, 0.6) is 0 Å². The Kier molecular flexibility index (Phi) is 3.50. The molecule has 0 N–H and O–H groups in total. The quantitative estimate of drug-likeness (QED) is 0.679. The fourth-order valence-electron chi connectivity index (χ4n) is 1.50. The van der Waals surface area contributed by atoms with Gasteiger partial charge in [0.25, 0.3) is 0 Å². The monoisotopic (exact) mass is 210 g/mol. The summed E-state index contributed by atoms with van der Waals surface area (Å²) in [5.74, 6) is 0.185. The molecule has 0 spiro atoms. The first kappa shape index (κ1) is 10.6. The summed E-state index contributed by atoms with van der Waals surface area (Å²) in [6.07, 6.45) is 11.1. The smallest absolute Gasteiger partial charge is 0.156 e. The maximum atomic E-state index is 11.5. The summed E-state index contributed by atoms with van der Waals surface area (Å²) in [5, 5.41) is 0. The Labute approximate surface area is 95.8 Å². The molecule has 1 heteroatoms. The zero-order valence-corrected chi connectivity index (χ0v) is 9.10. The molecule has 0 aliphatic heterocycles. The van der Waals surface area contributed by atoms with Gasteiger partial charge in [-0.25, -0.2) is 0 Å². The second-order valence-corrected chi connectivity index (χ2v) is 3.81. The fraction of sp³-hybridized carbons (Fsp3) is 0.133. The highest BCUT2D eigenvalue weighted by atomic mass is 16.1. The first-order chi connectivity index (χ1) is 7.84. The van der Waals surface area contributed by atoms with Crippen molar-refractivity contribution in [3.8, 4) is 0 Å². The molecule has 0 heterocycles. The van der Waals surface area contributed by atoms with Crippen molar-refractivity contribution in [3.63, 3.8) is 0 Å². The molecule has 0 fully saturated rings. The standard InChI is InChI=1S/C15H14O/c16-15(12-10-14-7-4-8-14)11-9-13-5-2-1-3-6-13/h1-9,11H,10,12H2/b11-9+. The van der Waals surface area contributed by atoms with E-state index in [2.05, 4.69) is 0 Å². The van der Waals surface area contributed by atoms with Gasteiger partial charge in [-0.2, -0.15) is 0 Å².